The van der Waals surface area contributed by atoms with Crippen LogP contribution in [0, 0.1) is 27.7 Å². The van der Waals surface area contributed by atoms with Crippen LogP contribution in [-0.2, 0) is 10.5 Å². The molecule has 3 aromatic rings. The predicted molar refractivity (Wildman–Crippen MR) is 131 cm³/mol. The second-order valence-corrected chi connectivity index (χ2v) is 9.12. The number of nitrogens with one attached hydrogen (secondary N) is 1. The number of hydrogen-bond donors (Lipinski definition) is 1. The largest absolute Gasteiger partial charge is 0.317 e. The molecule has 0 radical (unpaired) electrons. The summed E-state index contributed by atoms with van der Waals surface area (Å²) in [6, 6.07) is 16.8. The fraction of sp³-hybridized carbons (Fsp3) is 0.250. The Balaban J connectivity index is 1.61. The highest BCUT2D eigenvalue weighted by Gasteiger charge is 2.15. The Morgan fingerprint density at radius 2 is 1.80 bits per heavy atom. The molecule has 0 spiro atoms. The van der Waals surface area contributed by atoms with E-state index in [9.17, 15) is 4.79 Å². The van der Waals surface area contributed by atoms with Crippen molar-refractivity contribution in [3.05, 3.63) is 86.6 Å². The van der Waals surface area contributed by atoms with Crippen molar-refractivity contribution in [1.29, 1.82) is 0 Å². The molecular formula is C24H26BrN3OS. The zero-order chi connectivity index (χ0) is 21.7. The topological polar surface area (TPSA) is 46.4 Å². The first-order chi connectivity index (χ1) is 14.4. The summed E-state index contributed by atoms with van der Waals surface area (Å²) in [5, 5.41) is 4.18. The molecule has 3 rings (SSSR count). The summed E-state index contributed by atoms with van der Waals surface area (Å²) in [6.45, 7) is 8.28. The van der Waals surface area contributed by atoms with Gasteiger partial charge in [0, 0.05) is 32.9 Å². The Hall–Kier alpha value is -2.31. The van der Waals surface area contributed by atoms with E-state index < -0.39 is 0 Å². The standard InChI is InChI=1S/C24H26BrN3OS/c1-16-8-10-20(11-9-16)14-30-15-23(29)27-26-13-22-18(3)28(19(4)24(22)25)21-7-5-6-17(2)12-21/h5-13H,14-15H2,1-4H3,(H,27,29)/b26-13-. The van der Waals surface area contributed by atoms with Gasteiger partial charge in [-0.25, -0.2) is 5.43 Å². The number of hydrazone groups is 1. The highest BCUT2D eigenvalue weighted by Crippen LogP contribution is 2.29. The van der Waals surface area contributed by atoms with Gasteiger partial charge in [-0.1, -0.05) is 42.0 Å². The van der Waals surface area contributed by atoms with Crippen LogP contribution in [0.25, 0.3) is 5.69 Å². The Kier molecular flexibility index (Phi) is 7.56. The third-order valence-corrected chi connectivity index (χ3v) is 6.88. The molecule has 1 amide bonds. The minimum Gasteiger partial charge on any atom is -0.317 e. The number of halogens is 1. The minimum atomic E-state index is -0.105. The van der Waals surface area contributed by atoms with Crippen molar-refractivity contribution in [2.24, 2.45) is 5.10 Å². The molecule has 0 fully saturated rings. The molecule has 0 aliphatic heterocycles. The molecule has 1 aromatic heterocycles. The highest BCUT2D eigenvalue weighted by atomic mass is 79.9. The third kappa shape index (κ3) is 5.43. The second-order valence-electron chi connectivity index (χ2n) is 7.34. The number of aryl methyl sites for hydroxylation is 2. The quantitative estimate of drug-likeness (QED) is 0.338. The van der Waals surface area contributed by atoms with Gasteiger partial charge in [0.15, 0.2) is 0 Å². The lowest BCUT2D eigenvalue weighted by Gasteiger charge is -2.10. The maximum Gasteiger partial charge on any atom is 0.250 e. The van der Waals surface area contributed by atoms with E-state index >= 15 is 0 Å². The monoisotopic (exact) mass is 483 g/mol. The van der Waals surface area contributed by atoms with Crippen LogP contribution in [0.4, 0.5) is 0 Å². The van der Waals surface area contributed by atoms with Crippen molar-refractivity contribution in [1.82, 2.24) is 9.99 Å². The van der Waals surface area contributed by atoms with Crippen LogP contribution in [0.1, 0.15) is 33.6 Å². The first-order valence-corrected chi connectivity index (χ1v) is 11.7. The maximum absolute atomic E-state index is 12.1. The van der Waals surface area contributed by atoms with Gasteiger partial charge in [-0.3, -0.25) is 4.79 Å². The first-order valence-electron chi connectivity index (χ1n) is 9.76. The molecule has 0 bridgehead atoms. The van der Waals surface area contributed by atoms with E-state index in [-0.39, 0.29) is 5.91 Å². The SMILES string of the molecule is Cc1ccc(CSCC(=O)N/N=C\c2c(Br)c(C)n(-c3cccc(C)c3)c2C)cc1. The molecule has 0 saturated heterocycles. The molecule has 1 heterocycles. The van der Waals surface area contributed by atoms with Gasteiger partial charge in [0.05, 0.1) is 12.0 Å². The first kappa shape index (κ1) is 22.4. The van der Waals surface area contributed by atoms with Crippen LogP contribution < -0.4 is 5.43 Å². The third-order valence-electron chi connectivity index (χ3n) is 4.88. The zero-order valence-electron chi connectivity index (χ0n) is 17.7. The minimum absolute atomic E-state index is 0.105. The Bertz CT molecular complexity index is 1070. The number of benzene rings is 2. The van der Waals surface area contributed by atoms with Crippen LogP contribution in [0.3, 0.4) is 0 Å². The molecule has 30 heavy (non-hydrogen) atoms. The van der Waals surface area contributed by atoms with Gasteiger partial charge in [-0.2, -0.15) is 5.10 Å². The van der Waals surface area contributed by atoms with E-state index in [4.69, 9.17) is 0 Å². The van der Waals surface area contributed by atoms with Crippen molar-refractivity contribution in [3.63, 3.8) is 0 Å². The molecule has 0 unspecified atom stereocenters. The fourth-order valence-electron chi connectivity index (χ4n) is 3.28. The fourth-order valence-corrected chi connectivity index (χ4v) is 4.62. The highest BCUT2D eigenvalue weighted by molar-refractivity contribution is 9.10. The average Bonchev–Trinajstić information content (AvgIpc) is 2.92. The summed E-state index contributed by atoms with van der Waals surface area (Å²) in [6.07, 6.45) is 1.71. The molecule has 0 aliphatic rings. The van der Waals surface area contributed by atoms with Crippen molar-refractivity contribution in [2.45, 2.75) is 33.4 Å². The summed E-state index contributed by atoms with van der Waals surface area (Å²) in [5.74, 6) is 1.07. The van der Waals surface area contributed by atoms with Gasteiger partial charge in [-0.15, -0.1) is 11.8 Å². The van der Waals surface area contributed by atoms with E-state index in [1.165, 1.54) is 16.7 Å². The summed E-state index contributed by atoms with van der Waals surface area (Å²) in [4.78, 5) is 12.1. The Morgan fingerprint density at radius 1 is 1.07 bits per heavy atom. The average molecular weight is 484 g/mol. The van der Waals surface area contributed by atoms with Crippen LogP contribution >= 0.6 is 27.7 Å². The van der Waals surface area contributed by atoms with Gasteiger partial charge in [0.1, 0.15) is 0 Å². The molecular weight excluding hydrogens is 458 g/mol. The van der Waals surface area contributed by atoms with Gasteiger partial charge in [0.25, 0.3) is 0 Å². The van der Waals surface area contributed by atoms with Gasteiger partial charge in [-0.05, 0) is 66.9 Å². The lowest BCUT2D eigenvalue weighted by molar-refractivity contribution is -0.118. The van der Waals surface area contributed by atoms with E-state index in [1.54, 1.807) is 18.0 Å². The van der Waals surface area contributed by atoms with Gasteiger partial charge in [0.2, 0.25) is 5.91 Å². The number of aromatic nitrogens is 1. The van der Waals surface area contributed by atoms with Gasteiger partial charge < -0.3 is 4.57 Å². The van der Waals surface area contributed by atoms with E-state index in [0.717, 1.165) is 32.9 Å². The molecule has 1 N–H and O–H groups in total. The van der Waals surface area contributed by atoms with Crippen molar-refractivity contribution in [2.75, 3.05) is 5.75 Å². The number of carbonyl (C=O) groups is 1. The summed E-state index contributed by atoms with van der Waals surface area (Å²) >= 11 is 5.26. The van der Waals surface area contributed by atoms with Crippen LogP contribution in [0.5, 0.6) is 0 Å². The molecule has 0 aliphatic carbocycles. The summed E-state index contributed by atoms with van der Waals surface area (Å²) in [7, 11) is 0. The summed E-state index contributed by atoms with van der Waals surface area (Å²) in [5.41, 5.74) is 10.5. The lowest BCUT2D eigenvalue weighted by Crippen LogP contribution is -2.19. The van der Waals surface area contributed by atoms with Crippen molar-refractivity contribution in [3.8, 4) is 5.69 Å². The predicted octanol–water partition coefficient (Wildman–Crippen LogP) is 5.86. The lowest BCUT2D eigenvalue weighted by atomic mass is 10.2. The number of nitrogens with zero attached hydrogens (tertiary/aromatic N) is 2. The number of carbonyl (C=O) groups excluding carboxylic acids is 1. The zero-order valence-corrected chi connectivity index (χ0v) is 20.1. The van der Waals surface area contributed by atoms with E-state index in [0.29, 0.717) is 5.75 Å². The normalized spacial score (nSPS) is 11.2. The van der Waals surface area contributed by atoms with Gasteiger partial charge >= 0.3 is 0 Å². The number of thioether (sulfide) groups is 1. The number of hydrogen-bond acceptors (Lipinski definition) is 3. The molecule has 2 aromatic carbocycles. The maximum atomic E-state index is 12.1. The second kappa shape index (κ2) is 10.1. The Morgan fingerprint density at radius 3 is 2.50 bits per heavy atom. The molecule has 0 saturated carbocycles. The molecule has 6 heteroatoms. The smallest absolute Gasteiger partial charge is 0.250 e. The van der Waals surface area contributed by atoms with Crippen LogP contribution in [0.15, 0.2) is 58.1 Å². The number of rotatable bonds is 7. The van der Waals surface area contributed by atoms with E-state index in [2.05, 4.69) is 107 Å². The molecule has 4 nitrogen and oxygen atoms in total. The molecule has 0 atom stereocenters. The summed E-state index contributed by atoms with van der Waals surface area (Å²) < 4.78 is 3.17. The number of amides is 1. The van der Waals surface area contributed by atoms with Crippen molar-refractivity contribution >= 4 is 39.8 Å². The molecule has 156 valence electrons. The van der Waals surface area contributed by atoms with Crippen molar-refractivity contribution < 1.29 is 4.79 Å². The van der Waals surface area contributed by atoms with Crippen LogP contribution in [-0.4, -0.2) is 22.4 Å². The van der Waals surface area contributed by atoms with E-state index in [1.807, 2.05) is 0 Å². The Labute approximate surface area is 190 Å². The van der Waals surface area contributed by atoms with Crippen LogP contribution in [0.2, 0.25) is 0 Å².